The van der Waals surface area contributed by atoms with E-state index in [9.17, 15) is 14.4 Å². The van der Waals surface area contributed by atoms with Crippen LogP contribution in [0.15, 0.2) is 48.5 Å². The Bertz CT molecular complexity index is 947. The van der Waals surface area contributed by atoms with E-state index < -0.39 is 18.1 Å². The number of unbranched alkanes of at least 4 members (excludes halogenated alkanes) is 1. The van der Waals surface area contributed by atoms with E-state index in [-0.39, 0.29) is 31.5 Å². The van der Waals surface area contributed by atoms with E-state index in [4.69, 9.17) is 14.6 Å². The number of carbonyl (C=O) groups is 3. The molecule has 8 nitrogen and oxygen atoms in total. The lowest BCUT2D eigenvalue weighted by Gasteiger charge is -2.24. The van der Waals surface area contributed by atoms with Gasteiger partial charge in [0.2, 0.25) is 5.91 Å². The molecule has 0 fully saturated rings. The summed E-state index contributed by atoms with van der Waals surface area (Å²) in [5.41, 5.74) is 4.49. The van der Waals surface area contributed by atoms with Gasteiger partial charge in [0.25, 0.3) is 0 Å². The minimum Gasteiger partial charge on any atom is -0.481 e. The first-order valence-corrected chi connectivity index (χ1v) is 11.0. The number of ether oxygens (including phenoxy) is 2. The average molecular weight is 455 g/mol. The highest BCUT2D eigenvalue weighted by atomic mass is 16.5. The monoisotopic (exact) mass is 454 g/mol. The third kappa shape index (κ3) is 6.10. The zero-order valence-electron chi connectivity index (χ0n) is 19.0. The molecule has 0 unspecified atom stereocenters. The molecule has 176 valence electrons. The summed E-state index contributed by atoms with van der Waals surface area (Å²) in [5.74, 6) is -1.25. The van der Waals surface area contributed by atoms with E-state index in [0.29, 0.717) is 19.4 Å². The van der Waals surface area contributed by atoms with Crippen molar-refractivity contribution in [3.8, 4) is 11.1 Å². The molecule has 0 spiro atoms. The molecular weight excluding hydrogens is 424 g/mol. The number of fused-ring (bicyclic) bond motifs is 3. The molecule has 1 aliphatic rings. The van der Waals surface area contributed by atoms with Crippen LogP contribution in [0.5, 0.6) is 0 Å². The van der Waals surface area contributed by atoms with Crippen LogP contribution in [-0.4, -0.2) is 67.9 Å². The summed E-state index contributed by atoms with van der Waals surface area (Å²) in [7, 11) is 3.07. The molecule has 2 aromatic rings. The first kappa shape index (κ1) is 24.3. The number of carbonyl (C=O) groups excluding carboxylic acids is 2. The molecule has 2 aromatic carbocycles. The topological polar surface area (TPSA) is 105 Å². The summed E-state index contributed by atoms with van der Waals surface area (Å²) in [4.78, 5) is 37.4. The Morgan fingerprint density at radius 2 is 1.64 bits per heavy atom. The molecular formula is C25H30N2O6. The molecule has 3 rings (SSSR count). The van der Waals surface area contributed by atoms with Crippen LogP contribution >= 0.6 is 0 Å². The van der Waals surface area contributed by atoms with E-state index >= 15 is 0 Å². The molecule has 2 N–H and O–H groups in total. The molecule has 0 aromatic heterocycles. The van der Waals surface area contributed by atoms with E-state index in [1.807, 2.05) is 36.4 Å². The maximum atomic E-state index is 12.7. The number of carboxylic acids is 1. The summed E-state index contributed by atoms with van der Waals surface area (Å²) in [6.07, 6.45) is 0.397. The molecule has 1 aliphatic carbocycles. The number of hydrogen-bond acceptors (Lipinski definition) is 5. The van der Waals surface area contributed by atoms with Crippen molar-refractivity contribution < 1.29 is 29.0 Å². The summed E-state index contributed by atoms with van der Waals surface area (Å²) in [6.45, 7) is 0.542. The summed E-state index contributed by atoms with van der Waals surface area (Å²) in [5, 5.41) is 11.3. The Hall–Kier alpha value is -3.39. The number of amides is 2. The molecule has 0 bridgehead atoms. The third-order valence-electron chi connectivity index (χ3n) is 5.78. The molecule has 33 heavy (non-hydrogen) atoms. The number of nitrogens with zero attached hydrogens (tertiary/aromatic N) is 1. The van der Waals surface area contributed by atoms with Gasteiger partial charge in [0.1, 0.15) is 12.6 Å². The van der Waals surface area contributed by atoms with Crippen molar-refractivity contribution in [2.24, 2.45) is 0 Å². The maximum absolute atomic E-state index is 12.7. The molecule has 1 atom stereocenters. The van der Waals surface area contributed by atoms with Crippen molar-refractivity contribution in [2.75, 3.05) is 33.9 Å². The predicted octanol–water partition coefficient (Wildman–Crippen LogP) is 3.25. The fraction of sp³-hybridized carbons (Fsp3) is 0.400. The van der Waals surface area contributed by atoms with Crippen LogP contribution in [0.1, 0.15) is 36.3 Å². The van der Waals surface area contributed by atoms with Crippen LogP contribution in [0.25, 0.3) is 11.1 Å². The molecule has 0 heterocycles. The van der Waals surface area contributed by atoms with Gasteiger partial charge in [0, 0.05) is 33.0 Å². The Morgan fingerprint density at radius 3 is 2.21 bits per heavy atom. The molecule has 0 aliphatic heterocycles. The van der Waals surface area contributed by atoms with Gasteiger partial charge < -0.3 is 24.8 Å². The third-order valence-corrected chi connectivity index (χ3v) is 5.78. The normalized spacial score (nSPS) is 13.0. The quantitative estimate of drug-likeness (QED) is 0.505. The van der Waals surface area contributed by atoms with Crippen LogP contribution in [0.2, 0.25) is 0 Å². The van der Waals surface area contributed by atoms with Crippen molar-refractivity contribution in [3.05, 3.63) is 59.7 Å². The van der Waals surface area contributed by atoms with E-state index in [1.165, 1.54) is 12.0 Å². The van der Waals surface area contributed by atoms with Crippen molar-refractivity contribution in [3.63, 3.8) is 0 Å². The second kappa shape index (κ2) is 11.5. The lowest BCUT2D eigenvalue weighted by molar-refractivity contribution is -0.137. The number of rotatable bonds is 11. The van der Waals surface area contributed by atoms with Gasteiger partial charge in [-0.1, -0.05) is 48.5 Å². The Labute approximate surface area is 193 Å². The maximum Gasteiger partial charge on any atom is 0.407 e. The van der Waals surface area contributed by atoms with E-state index in [1.54, 1.807) is 7.05 Å². The van der Waals surface area contributed by atoms with Crippen LogP contribution in [0, 0.1) is 0 Å². The fourth-order valence-electron chi connectivity index (χ4n) is 4.13. The Balaban J connectivity index is 1.57. The van der Waals surface area contributed by atoms with Gasteiger partial charge in [0.05, 0.1) is 6.61 Å². The second-order valence-corrected chi connectivity index (χ2v) is 8.09. The Morgan fingerprint density at radius 1 is 1.03 bits per heavy atom. The molecule has 8 heteroatoms. The smallest absolute Gasteiger partial charge is 0.407 e. The van der Waals surface area contributed by atoms with Gasteiger partial charge in [0.15, 0.2) is 0 Å². The number of alkyl carbamates (subject to hydrolysis) is 1. The van der Waals surface area contributed by atoms with Crippen LogP contribution < -0.4 is 5.32 Å². The predicted molar refractivity (Wildman–Crippen MR) is 123 cm³/mol. The highest BCUT2D eigenvalue weighted by molar-refractivity contribution is 5.86. The lowest BCUT2D eigenvalue weighted by atomic mass is 9.98. The highest BCUT2D eigenvalue weighted by Crippen LogP contribution is 2.44. The van der Waals surface area contributed by atoms with Crippen molar-refractivity contribution in [1.82, 2.24) is 10.2 Å². The van der Waals surface area contributed by atoms with Crippen molar-refractivity contribution in [1.29, 1.82) is 0 Å². The van der Waals surface area contributed by atoms with Crippen LogP contribution in [0.4, 0.5) is 4.79 Å². The van der Waals surface area contributed by atoms with E-state index in [2.05, 4.69) is 17.4 Å². The van der Waals surface area contributed by atoms with Gasteiger partial charge >= 0.3 is 12.1 Å². The number of likely N-dealkylation sites (N-methyl/N-ethyl adjacent to an activating group) is 1. The Kier molecular flexibility index (Phi) is 8.43. The SMILES string of the molecule is COC[C@H](NC(=O)OCC1c2ccccc2-c2ccccc21)C(=O)N(C)CCCCC(=O)O. The highest BCUT2D eigenvalue weighted by Gasteiger charge is 2.30. The number of hydrogen-bond donors (Lipinski definition) is 2. The van der Waals surface area contributed by atoms with Gasteiger partial charge in [-0.25, -0.2) is 4.79 Å². The molecule has 0 radical (unpaired) electrons. The van der Waals surface area contributed by atoms with E-state index in [0.717, 1.165) is 22.3 Å². The molecule has 2 amide bonds. The zero-order valence-corrected chi connectivity index (χ0v) is 19.0. The minimum absolute atomic E-state index is 0.00247. The molecule has 0 saturated heterocycles. The van der Waals surface area contributed by atoms with Crippen LogP contribution in [0.3, 0.4) is 0 Å². The number of methoxy groups -OCH3 is 1. The van der Waals surface area contributed by atoms with Crippen molar-refractivity contribution in [2.45, 2.75) is 31.2 Å². The number of carboxylic acid groups (broad SMARTS) is 1. The summed E-state index contributed by atoms with van der Waals surface area (Å²) >= 11 is 0. The number of nitrogens with one attached hydrogen (secondary N) is 1. The van der Waals surface area contributed by atoms with Gasteiger partial charge in [-0.2, -0.15) is 0 Å². The number of aliphatic carboxylic acids is 1. The number of benzene rings is 2. The lowest BCUT2D eigenvalue weighted by Crippen LogP contribution is -2.50. The second-order valence-electron chi connectivity index (χ2n) is 8.09. The molecule has 0 saturated carbocycles. The van der Waals surface area contributed by atoms with Crippen LogP contribution in [-0.2, 0) is 19.1 Å². The minimum atomic E-state index is -0.893. The van der Waals surface area contributed by atoms with Crippen molar-refractivity contribution >= 4 is 18.0 Å². The van der Waals surface area contributed by atoms with Gasteiger partial charge in [-0.15, -0.1) is 0 Å². The first-order chi connectivity index (χ1) is 15.9. The average Bonchev–Trinajstić information content (AvgIpc) is 3.13. The summed E-state index contributed by atoms with van der Waals surface area (Å²) in [6, 6.07) is 15.2. The fourth-order valence-corrected chi connectivity index (χ4v) is 4.13. The zero-order chi connectivity index (χ0) is 23.8. The standard InChI is InChI=1S/C25H30N2O6/c1-27(14-8-7-13-23(28)29)24(30)22(16-32-2)26-25(31)33-15-21-19-11-5-3-9-17(19)18-10-4-6-12-20(18)21/h3-6,9-12,21-22H,7-8,13-16H2,1-2H3,(H,26,31)(H,28,29)/t22-/m0/s1. The van der Waals surface area contributed by atoms with Gasteiger partial charge in [-0.05, 0) is 35.1 Å². The first-order valence-electron chi connectivity index (χ1n) is 11.0. The largest absolute Gasteiger partial charge is 0.481 e. The summed E-state index contributed by atoms with van der Waals surface area (Å²) < 4.78 is 10.6. The van der Waals surface area contributed by atoms with Gasteiger partial charge in [-0.3, -0.25) is 9.59 Å².